The van der Waals surface area contributed by atoms with Gasteiger partial charge < -0.3 is 10.4 Å². The van der Waals surface area contributed by atoms with Gasteiger partial charge in [-0.3, -0.25) is 9.35 Å². The molecule has 0 rings (SSSR count). The number of rotatable bonds is 35. The Balaban J connectivity index is 3.92. The van der Waals surface area contributed by atoms with Crippen LogP contribution in [0.4, 0.5) is 0 Å². The molecule has 2 unspecified atom stereocenters. The molecule has 0 radical (unpaired) electrons. The van der Waals surface area contributed by atoms with E-state index in [0.29, 0.717) is 12.8 Å². The molecule has 280 valence electrons. The quantitative estimate of drug-likeness (QED) is 0.0348. The van der Waals surface area contributed by atoms with Gasteiger partial charge in [0.05, 0.1) is 17.9 Å². The Morgan fingerprint density at radius 1 is 0.583 bits per heavy atom. The van der Waals surface area contributed by atoms with E-state index in [1.807, 2.05) is 0 Å². The molecule has 7 heteroatoms. The van der Waals surface area contributed by atoms with Gasteiger partial charge in [0, 0.05) is 6.42 Å². The fourth-order valence-electron chi connectivity index (χ4n) is 5.86. The molecule has 6 nitrogen and oxygen atoms in total. The number of hydrogen-bond acceptors (Lipinski definition) is 4. The summed E-state index contributed by atoms with van der Waals surface area (Å²) >= 11 is 0. The predicted octanol–water partition coefficient (Wildman–Crippen LogP) is 11.5. The molecular formula is C41H75NO5S. The lowest BCUT2D eigenvalue weighted by Crippen LogP contribution is -2.47. The number of aliphatic hydroxyl groups excluding tert-OH is 1. The number of nitrogens with one attached hydrogen (secondary N) is 1. The molecule has 0 saturated heterocycles. The third-order valence-corrected chi connectivity index (χ3v) is 9.58. The predicted molar refractivity (Wildman–Crippen MR) is 207 cm³/mol. The van der Waals surface area contributed by atoms with E-state index >= 15 is 0 Å². The lowest BCUT2D eigenvalue weighted by Gasteiger charge is -2.23. The van der Waals surface area contributed by atoms with Gasteiger partial charge in [-0.05, 0) is 51.4 Å². The second kappa shape index (κ2) is 35.1. The number of carbonyl (C=O) groups excluding carboxylic acids is 1. The third kappa shape index (κ3) is 35.6. The second-order valence-corrected chi connectivity index (χ2v) is 15.0. The summed E-state index contributed by atoms with van der Waals surface area (Å²) in [5, 5.41) is 13.3. The van der Waals surface area contributed by atoms with Gasteiger partial charge in [-0.15, -0.1) is 0 Å². The van der Waals surface area contributed by atoms with E-state index in [1.54, 1.807) is 0 Å². The Hall–Kier alpha value is -1.70. The van der Waals surface area contributed by atoms with E-state index in [1.165, 1.54) is 83.5 Å². The zero-order valence-corrected chi connectivity index (χ0v) is 31.9. The van der Waals surface area contributed by atoms with Gasteiger partial charge in [0.1, 0.15) is 0 Å². The Morgan fingerprint density at radius 2 is 1.00 bits per heavy atom. The van der Waals surface area contributed by atoms with E-state index in [4.69, 9.17) is 0 Å². The van der Waals surface area contributed by atoms with Crippen LogP contribution in [0.25, 0.3) is 0 Å². The molecule has 3 N–H and O–H groups in total. The van der Waals surface area contributed by atoms with Crippen LogP contribution in [-0.4, -0.2) is 41.9 Å². The van der Waals surface area contributed by atoms with Crippen molar-refractivity contribution >= 4 is 16.0 Å². The molecule has 0 aliphatic heterocycles. The first-order chi connectivity index (χ1) is 23.3. The van der Waals surface area contributed by atoms with Crippen molar-refractivity contribution in [3.8, 4) is 0 Å². The minimum absolute atomic E-state index is 0.261. The molecular weight excluding hydrogens is 619 g/mol. The summed E-state index contributed by atoms with van der Waals surface area (Å²) in [4.78, 5) is 12.5. The van der Waals surface area contributed by atoms with Gasteiger partial charge in [-0.25, -0.2) is 0 Å². The summed E-state index contributed by atoms with van der Waals surface area (Å²) in [6, 6.07) is -0.979. The number of amides is 1. The first kappa shape index (κ1) is 46.3. The SMILES string of the molecule is CC/C=C\C/C=C\C/C=C\C/C=C\CCCCCCCCC(=O)NC(CS(=O)(=O)O)C(O)CCCCCCCCCCCCCCCC. The molecule has 0 aliphatic rings. The molecule has 0 aromatic carbocycles. The normalized spacial score (nSPS) is 13.8. The highest BCUT2D eigenvalue weighted by Gasteiger charge is 2.26. The third-order valence-electron chi connectivity index (χ3n) is 8.80. The summed E-state index contributed by atoms with van der Waals surface area (Å²) in [5.74, 6) is -0.916. The van der Waals surface area contributed by atoms with Crippen LogP contribution in [0.2, 0.25) is 0 Å². The maximum absolute atomic E-state index is 12.5. The molecule has 2 atom stereocenters. The standard InChI is InChI=1S/C41H75NO5S/c1-3-5-7-9-11-13-15-17-19-20-21-22-23-25-27-29-31-33-35-37-41(44)42-39(38-48(45,46)47)40(43)36-34-32-30-28-26-24-18-16-14-12-10-8-6-4-2/h5,7,11,13,17,19,21-22,39-40,43H,3-4,6,8-10,12,14-16,18,20,23-38H2,1-2H3,(H,42,44)(H,45,46,47)/b7-5-,13-11-,19-17-,22-21-. The first-order valence-electron chi connectivity index (χ1n) is 19.8. The smallest absolute Gasteiger partial charge is 0.266 e. The van der Waals surface area contributed by atoms with E-state index in [-0.39, 0.29) is 5.91 Å². The highest BCUT2D eigenvalue weighted by atomic mass is 32.2. The Labute approximate surface area is 297 Å². The molecule has 0 spiro atoms. The summed E-state index contributed by atoms with van der Waals surface area (Å²) in [6.07, 6.45) is 46.2. The van der Waals surface area contributed by atoms with E-state index < -0.39 is 28.0 Å². The van der Waals surface area contributed by atoms with E-state index in [9.17, 15) is 22.9 Å². The average Bonchev–Trinajstić information content (AvgIpc) is 3.05. The summed E-state index contributed by atoms with van der Waals surface area (Å²) in [6.45, 7) is 4.40. The first-order valence-corrected chi connectivity index (χ1v) is 21.4. The van der Waals surface area contributed by atoms with Crippen molar-refractivity contribution in [1.82, 2.24) is 5.32 Å². The van der Waals surface area contributed by atoms with E-state index in [2.05, 4.69) is 67.8 Å². The summed E-state index contributed by atoms with van der Waals surface area (Å²) < 4.78 is 32.5. The zero-order valence-electron chi connectivity index (χ0n) is 31.1. The van der Waals surface area contributed by atoms with Crippen molar-refractivity contribution < 1.29 is 22.9 Å². The second-order valence-electron chi connectivity index (χ2n) is 13.5. The number of unbranched alkanes of at least 4 members (excludes halogenated alkanes) is 19. The van der Waals surface area contributed by atoms with Crippen LogP contribution in [0.3, 0.4) is 0 Å². The van der Waals surface area contributed by atoms with Gasteiger partial charge in [0.15, 0.2) is 0 Å². The fourth-order valence-corrected chi connectivity index (χ4v) is 6.62. The largest absolute Gasteiger partial charge is 0.391 e. The lowest BCUT2D eigenvalue weighted by molar-refractivity contribution is -0.122. The van der Waals surface area contributed by atoms with Crippen molar-refractivity contribution in [3.63, 3.8) is 0 Å². The van der Waals surface area contributed by atoms with Crippen LogP contribution in [0.1, 0.15) is 187 Å². The summed E-state index contributed by atoms with van der Waals surface area (Å²) in [5.41, 5.74) is 0. The Bertz CT molecular complexity index is 940. The maximum atomic E-state index is 12.5. The molecule has 0 aliphatic carbocycles. The summed E-state index contributed by atoms with van der Waals surface area (Å²) in [7, 11) is -4.31. The molecule has 0 saturated carbocycles. The molecule has 0 aromatic rings. The lowest BCUT2D eigenvalue weighted by atomic mass is 10.0. The Morgan fingerprint density at radius 3 is 1.48 bits per heavy atom. The molecule has 48 heavy (non-hydrogen) atoms. The van der Waals surface area contributed by atoms with Gasteiger partial charge >= 0.3 is 0 Å². The average molecular weight is 694 g/mol. The van der Waals surface area contributed by atoms with E-state index in [0.717, 1.165) is 77.0 Å². The van der Waals surface area contributed by atoms with Crippen molar-refractivity contribution in [2.24, 2.45) is 0 Å². The van der Waals surface area contributed by atoms with Crippen molar-refractivity contribution in [2.75, 3.05) is 5.75 Å². The van der Waals surface area contributed by atoms with Crippen molar-refractivity contribution in [2.45, 2.75) is 199 Å². The van der Waals surface area contributed by atoms with Crippen LogP contribution in [0.5, 0.6) is 0 Å². The topological polar surface area (TPSA) is 104 Å². The highest BCUT2D eigenvalue weighted by Crippen LogP contribution is 2.15. The highest BCUT2D eigenvalue weighted by molar-refractivity contribution is 7.85. The molecule has 0 bridgehead atoms. The molecule has 1 amide bonds. The van der Waals surface area contributed by atoms with Gasteiger partial charge in [-0.2, -0.15) is 8.42 Å². The molecule has 0 fully saturated rings. The fraction of sp³-hybridized carbons (Fsp3) is 0.780. The van der Waals surface area contributed by atoms with Crippen LogP contribution < -0.4 is 5.32 Å². The van der Waals surface area contributed by atoms with Crippen molar-refractivity contribution in [1.29, 1.82) is 0 Å². The van der Waals surface area contributed by atoms with Crippen LogP contribution in [-0.2, 0) is 14.9 Å². The number of carbonyl (C=O) groups is 1. The molecule has 0 heterocycles. The zero-order chi connectivity index (χ0) is 35.4. The van der Waals surface area contributed by atoms with Crippen LogP contribution in [0.15, 0.2) is 48.6 Å². The monoisotopic (exact) mass is 694 g/mol. The van der Waals surface area contributed by atoms with Crippen molar-refractivity contribution in [3.05, 3.63) is 48.6 Å². The minimum Gasteiger partial charge on any atom is -0.391 e. The Kier molecular flexibility index (Phi) is 33.9. The number of hydrogen-bond donors (Lipinski definition) is 3. The maximum Gasteiger partial charge on any atom is 0.266 e. The molecule has 0 aromatic heterocycles. The number of allylic oxidation sites excluding steroid dienone is 8. The van der Waals surface area contributed by atoms with Gasteiger partial charge in [0.25, 0.3) is 10.1 Å². The minimum atomic E-state index is -4.31. The number of aliphatic hydroxyl groups is 1. The van der Waals surface area contributed by atoms with Gasteiger partial charge in [0.2, 0.25) is 5.91 Å². The van der Waals surface area contributed by atoms with Gasteiger partial charge in [-0.1, -0.05) is 178 Å². The van der Waals surface area contributed by atoms with Crippen LogP contribution >= 0.6 is 0 Å². The van der Waals surface area contributed by atoms with Crippen LogP contribution in [0, 0.1) is 0 Å².